The number of fused-ring (bicyclic) bond motifs is 1. The number of aryl methyl sites for hydroxylation is 1. The van der Waals surface area contributed by atoms with Crippen molar-refractivity contribution in [3.05, 3.63) is 65.7 Å². The molecule has 37 heavy (non-hydrogen) atoms. The molecule has 0 spiro atoms. The number of benzene rings is 1. The molecule has 0 atom stereocenters. The average molecular weight is 547 g/mol. The van der Waals surface area contributed by atoms with E-state index in [9.17, 15) is 26.4 Å². The minimum absolute atomic E-state index is 0.0664. The number of carbonyl (C=O) groups is 1. The van der Waals surface area contributed by atoms with Crippen molar-refractivity contribution in [3.8, 4) is 22.4 Å². The largest absolute Gasteiger partial charge is 0.416 e. The van der Waals surface area contributed by atoms with Gasteiger partial charge in [-0.05, 0) is 47.4 Å². The Labute approximate surface area is 212 Å². The van der Waals surface area contributed by atoms with Crippen molar-refractivity contribution in [2.75, 3.05) is 0 Å². The number of rotatable bonds is 5. The fourth-order valence-corrected chi connectivity index (χ4v) is 6.05. The molecular weight excluding hydrogens is 529 g/mol. The van der Waals surface area contributed by atoms with Crippen LogP contribution in [-0.4, -0.2) is 43.0 Å². The van der Waals surface area contributed by atoms with Crippen molar-refractivity contribution >= 4 is 38.3 Å². The zero-order valence-corrected chi connectivity index (χ0v) is 20.9. The highest BCUT2D eigenvalue weighted by molar-refractivity contribution is 7.90. The number of alkyl halides is 3. The Hall–Kier alpha value is -3.91. The normalized spacial score (nSPS) is 12.4. The lowest BCUT2D eigenvalue weighted by Crippen LogP contribution is -2.09. The Morgan fingerprint density at radius 2 is 1.86 bits per heavy atom. The van der Waals surface area contributed by atoms with Crippen LogP contribution in [0.3, 0.4) is 0 Å². The van der Waals surface area contributed by atoms with Crippen LogP contribution in [0.4, 0.5) is 13.2 Å². The van der Waals surface area contributed by atoms with Gasteiger partial charge in [-0.2, -0.15) is 22.6 Å². The molecular formula is C23H17F3N6O3S2. The summed E-state index contributed by atoms with van der Waals surface area (Å²) in [4.78, 5) is 20.6. The van der Waals surface area contributed by atoms with Gasteiger partial charge in [0.2, 0.25) is 15.7 Å². The van der Waals surface area contributed by atoms with Gasteiger partial charge in [-0.3, -0.25) is 14.0 Å². The van der Waals surface area contributed by atoms with Crippen LogP contribution >= 0.6 is 11.5 Å². The number of halogens is 3. The number of aromatic nitrogens is 6. The lowest BCUT2D eigenvalue weighted by molar-refractivity contribution is -0.137. The molecule has 4 aromatic heterocycles. The van der Waals surface area contributed by atoms with Gasteiger partial charge in [0.15, 0.2) is 5.03 Å². The van der Waals surface area contributed by atoms with Crippen molar-refractivity contribution in [2.24, 2.45) is 7.05 Å². The molecule has 0 saturated heterocycles. The number of hydrogen-bond donors (Lipinski definition) is 0. The number of nitrogens with zero attached hydrogens (tertiary/aromatic N) is 6. The summed E-state index contributed by atoms with van der Waals surface area (Å²) in [5, 5.41) is 4.49. The summed E-state index contributed by atoms with van der Waals surface area (Å²) in [5.74, 6) is -0.857. The molecule has 0 fully saturated rings. The molecule has 5 aromatic rings. The topological polar surface area (TPSA) is 113 Å². The van der Waals surface area contributed by atoms with E-state index in [4.69, 9.17) is 0 Å². The number of sulfone groups is 1. The van der Waals surface area contributed by atoms with Gasteiger partial charge in [-0.25, -0.2) is 18.4 Å². The van der Waals surface area contributed by atoms with Crippen LogP contribution in [0.2, 0.25) is 0 Å². The van der Waals surface area contributed by atoms with Gasteiger partial charge in [-0.1, -0.05) is 6.07 Å². The van der Waals surface area contributed by atoms with Gasteiger partial charge in [0.1, 0.15) is 22.7 Å². The van der Waals surface area contributed by atoms with E-state index >= 15 is 0 Å². The highest BCUT2D eigenvalue weighted by Gasteiger charge is 2.32. The fraction of sp³-hybridized carbons (Fsp3) is 0.174. The minimum atomic E-state index is -4.57. The Morgan fingerprint density at radius 1 is 1.08 bits per heavy atom. The molecule has 4 heterocycles. The van der Waals surface area contributed by atoms with Crippen molar-refractivity contribution in [1.82, 2.24) is 28.7 Å². The van der Waals surface area contributed by atoms with Gasteiger partial charge >= 0.3 is 6.18 Å². The van der Waals surface area contributed by atoms with E-state index in [-0.39, 0.29) is 21.2 Å². The quantitative estimate of drug-likeness (QED) is 0.316. The Morgan fingerprint density at radius 3 is 2.49 bits per heavy atom. The van der Waals surface area contributed by atoms with Crippen molar-refractivity contribution < 1.29 is 26.4 Å². The molecule has 0 saturated carbocycles. The molecule has 1 aromatic carbocycles. The van der Waals surface area contributed by atoms with Crippen LogP contribution < -0.4 is 0 Å². The lowest BCUT2D eigenvalue weighted by Gasteiger charge is -2.14. The first-order valence-electron chi connectivity index (χ1n) is 10.7. The maximum absolute atomic E-state index is 13.6. The van der Waals surface area contributed by atoms with Gasteiger partial charge in [-0.15, -0.1) is 0 Å². The summed E-state index contributed by atoms with van der Waals surface area (Å²) in [6, 6.07) is 7.69. The summed E-state index contributed by atoms with van der Waals surface area (Å²) < 4.78 is 73.0. The molecule has 5 rings (SSSR count). The second-order valence-corrected chi connectivity index (χ2v) is 10.9. The van der Waals surface area contributed by atoms with E-state index in [1.807, 2.05) is 0 Å². The standard InChI is InChI=1S/C23H17F3N6O3S2/c1-13(33)32-10-18(15-4-3-14(23(24,25)26)9-17(15)19-7-8-28-31(19)2)16-5-6-21(30-22(16)32)37(34,35)11-20-27-12-29-36-20/h3-10,12H,11H2,1-2H3. The average Bonchev–Trinajstić information content (AvgIpc) is 3.57. The molecule has 9 nitrogen and oxygen atoms in total. The maximum Gasteiger partial charge on any atom is 0.416 e. The molecule has 14 heteroatoms. The first-order valence-corrected chi connectivity index (χ1v) is 13.1. The molecule has 0 radical (unpaired) electrons. The van der Waals surface area contributed by atoms with E-state index in [0.717, 1.165) is 23.7 Å². The van der Waals surface area contributed by atoms with Crippen LogP contribution in [-0.2, 0) is 28.8 Å². The predicted molar refractivity (Wildman–Crippen MR) is 129 cm³/mol. The third-order valence-corrected chi connectivity index (χ3v) is 8.10. The van der Waals surface area contributed by atoms with E-state index in [1.54, 1.807) is 13.1 Å². The molecule has 0 bridgehead atoms. The zero-order valence-electron chi connectivity index (χ0n) is 19.3. The highest BCUT2D eigenvalue weighted by Crippen LogP contribution is 2.40. The van der Waals surface area contributed by atoms with Crippen LogP contribution in [0.1, 0.15) is 22.3 Å². The van der Waals surface area contributed by atoms with Gasteiger partial charge in [0, 0.05) is 42.9 Å². The Balaban J connectivity index is 1.72. The Bertz CT molecular complexity index is 1760. The monoisotopic (exact) mass is 546 g/mol. The summed E-state index contributed by atoms with van der Waals surface area (Å²) in [6.45, 7) is 1.28. The Kier molecular flexibility index (Phi) is 5.95. The molecule has 0 aliphatic rings. The van der Waals surface area contributed by atoms with Crippen molar-refractivity contribution in [3.63, 3.8) is 0 Å². The summed E-state index contributed by atoms with van der Waals surface area (Å²) in [5.41, 5.74) is 0.700. The first kappa shape index (κ1) is 24.8. The van der Waals surface area contributed by atoms with Gasteiger partial charge in [0.25, 0.3) is 0 Å². The maximum atomic E-state index is 13.6. The van der Waals surface area contributed by atoms with Crippen molar-refractivity contribution in [2.45, 2.75) is 23.9 Å². The molecule has 0 unspecified atom stereocenters. The molecule has 0 aliphatic heterocycles. The smallest absolute Gasteiger partial charge is 0.274 e. The predicted octanol–water partition coefficient (Wildman–Crippen LogP) is 4.61. The third-order valence-electron chi connectivity index (χ3n) is 5.74. The number of hydrogen-bond acceptors (Lipinski definition) is 8. The summed E-state index contributed by atoms with van der Waals surface area (Å²) >= 11 is 0.947. The van der Waals surface area contributed by atoms with Gasteiger partial charge in [0.05, 0.1) is 11.3 Å². The SMILES string of the molecule is CC(=O)n1cc(-c2ccc(C(F)(F)F)cc2-c2ccnn2C)c2ccc(S(=O)(=O)Cc3ncns3)nc21. The highest BCUT2D eigenvalue weighted by atomic mass is 32.2. The summed E-state index contributed by atoms with van der Waals surface area (Å²) in [6.07, 6.45) is -0.404. The van der Waals surface area contributed by atoms with Crippen molar-refractivity contribution in [1.29, 1.82) is 0 Å². The first-order chi connectivity index (χ1) is 17.5. The van der Waals surface area contributed by atoms with Crippen LogP contribution in [0.15, 0.2) is 60.1 Å². The van der Waals surface area contributed by atoms with E-state index in [2.05, 4.69) is 19.4 Å². The zero-order chi connectivity index (χ0) is 26.5. The second kappa shape index (κ2) is 8.88. The van der Waals surface area contributed by atoms with E-state index in [1.165, 1.54) is 53.1 Å². The van der Waals surface area contributed by atoms with Gasteiger partial charge < -0.3 is 0 Å². The molecule has 0 aliphatic carbocycles. The minimum Gasteiger partial charge on any atom is -0.274 e. The number of pyridine rings is 1. The third kappa shape index (κ3) is 4.53. The lowest BCUT2D eigenvalue weighted by atomic mass is 9.95. The second-order valence-electron chi connectivity index (χ2n) is 8.14. The van der Waals surface area contributed by atoms with Crippen LogP contribution in [0.5, 0.6) is 0 Å². The molecule has 0 N–H and O–H groups in total. The fourth-order valence-electron chi connectivity index (χ4n) is 4.01. The molecule has 190 valence electrons. The summed E-state index contributed by atoms with van der Waals surface area (Å²) in [7, 11) is -2.30. The van der Waals surface area contributed by atoms with Crippen LogP contribution in [0.25, 0.3) is 33.4 Å². The molecule has 0 amide bonds. The van der Waals surface area contributed by atoms with E-state index in [0.29, 0.717) is 22.2 Å². The van der Waals surface area contributed by atoms with E-state index < -0.39 is 33.2 Å². The number of carbonyl (C=O) groups excluding carboxylic acids is 1. The van der Waals surface area contributed by atoms with Crippen LogP contribution in [0, 0.1) is 0 Å².